The molecule has 5 nitrogen and oxygen atoms in total. The summed E-state index contributed by atoms with van der Waals surface area (Å²) in [7, 11) is 1.90. The molecule has 1 aliphatic heterocycles. The van der Waals surface area contributed by atoms with Crippen molar-refractivity contribution in [2.45, 2.75) is 12.8 Å². The summed E-state index contributed by atoms with van der Waals surface area (Å²) in [4.78, 5) is 14.1. The van der Waals surface area contributed by atoms with Crippen LogP contribution in [0.2, 0.25) is 0 Å². The molecule has 1 saturated heterocycles. The van der Waals surface area contributed by atoms with Gasteiger partial charge in [-0.1, -0.05) is 15.9 Å². The molecule has 7 heteroatoms. The van der Waals surface area contributed by atoms with E-state index in [1.165, 1.54) is 0 Å². The van der Waals surface area contributed by atoms with Crippen LogP contribution in [0.1, 0.15) is 12.8 Å². The van der Waals surface area contributed by atoms with Crippen molar-refractivity contribution in [2.24, 2.45) is 7.05 Å². The number of benzene rings is 1. The van der Waals surface area contributed by atoms with Gasteiger partial charge in [0.05, 0.1) is 17.5 Å². The van der Waals surface area contributed by atoms with E-state index in [2.05, 4.69) is 21.0 Å². The van der Waals surface area contributed by atoms with Crippen LogP contribution in [0.15, 0.2) is 22.7 Å². The van der Waals surface area contributed by atoms with Gasteiger partial charge in [0.1, 0.15) is 0 Å². The summed E-state index contributed by atoms with van der Waals surface area (Å²) in [6.07, 6.45) is 1.26. The van der Waals surface area contributed by atoms with Crippen LogP contribution in [0.5, 0.6) is 5.88 Å². The number of halogens is 1. The standard InChI is InChI=1S/C16H20BrN3O2S/c1-19-14-5-4-12(17)11-13(14)16(18-19)22-8-2-3-15(21)20-6-9-23-10-7-20/h4-5,11H,2-3,6-10H2,1H3. The summed E-state index contributed by atoms with van der Waals surface area (Å²) in [6, 6.07) is 6.01. The Morgan fingerprint density at radius 3 is 2.96 bits per heavy atom. The number of amides is 1. The Bertz CT molecular complexity index is 698. The lowest BCUT2D eigenvalue weighted by atomic mass is 10.2. The number of hydrogen-bond donors (Lipinski definition) is 0. The molecule has 1 aromatic heterocycles. The summed E-state index contributed by atoms with van der Waals surface area (Å²) in [5.74, 6) is 2.97. The van der Waals surface area contributed by atoms with Crippen molar-refractivity contribution in [3.05, 3.63) is 22.7 Å². The quantitative estimate of drug-likeness (QED) is 0.727. The molecule has 2 aromatic rings. The first-order valence-corrected chi connectivity index (χ1v) is 9.70. The van der Waals surface area contributed by atoms with E-state index in [0.717, 1.165) is 40.0 Å². The van der Waals surface area contributed by atoms with Gasteiger partial charge in [-0.25, -0.2) is 0 Å². The molecule has 0 aliphatic carbocycles. The molecule has 2 heterocycles. The summed E-state index contributed by atoms with van der Waals surface area (Å²) in [5.41, 5.74) is 1.03. The van der Waals surface area contributed by atoms with Gasteiger partial charge in [-0.3, -0.25) is 9.48 Å². The zero-order valence-corrected chi connectivity index (χ0v) is 15.5. The van der Waals surface area contributed by atoms with E-state index in [1.54, 1.807) is 0 Å². The number of aromatic nitrogens is 2. The van der Waals surface area contributed by atoms with E-state index in [4.69, 9.17) is 4.74 Å². The molecule has 23 heavy (non-hydrogen) atoms. The van der Waals surface area contributed by atoms with Crippen LogP contribution in [-0.2, 0) is 11.8 Å². The molecule has 1 aliphatic rings. The first kappa shape index (κ1) is 16.6. The Morgan fingerprint density at radius 1 is 1.39 bits per heavy atom. The molecule has 1 fully saturated rings. The number of nitrogens with zero attached hydrogens (tertiary/aromatic N) is 3. The van der Waals surface area contributed by atoms with E-state index < -0.39 is 0 Å². The number of ether oxygens (including phenoxy) is 1. The number of aryl methyl sites for hydroxylation is 1. The third-order valence-electron chi connectivity index (χ3n) is 3.92. The van der Waals surface area contributed by atoms with Crippen LogP contribution in [-0.4, -0.2) is 51.8 Å². The molecule has 3 rings (SSSR count). The van der Waals surface area contributed by atoms with Crippen molar-refractivity contribution in [2.75, 3.05) is 31.2 Å². The van der Waals surface area contributed by atoms with Gasteiger partial charge in [0, 0.05) is 42.5 Å². The fraction of sp³-hybridized carbons (Fsp3) is 0.500. The number of carbonyl (C=O) groups is 1. The highest BCUT2D eigenvalue weighted by atomic mass is 79.9. The largest absolute Gasteiger partial charge is 0.476 e. The molecular formula is C16H20BrN3O2S. The number of thioether (sulfide) groups is 1. The molecule has 0 atom stereocenters. The van der Waals surface area contributed by atoms with Crippen LogP contribution in [0.25, 0.3) is 10.9 Å². The molecule has 0 saturated carbocycles. The lowest BCUT2D eigenvalue weighted by Crippen LogP contribution is -2.37. The predicted octanol–water partition coefficient (Wildman–Crippen LogP) is 3.07. The molecule has 1 amide bonds. The first-order chi connectivity index (χ1) is 11.1. The summed E-state index contributed by atoms with van der Waals surface area (Å²) < 4.78 is 8.62. The maximum absolute atomic E-state index is 12.1. The van der Waals surface area contributed by atoms with Gasteiger partial charge in [0.25, 0.3) is 0 Å². The lowest BCUT2D eigenvalue weighted by Gasteiger charge is -2.26. The van der Waals surface area contributed by atoms with Crippen LogP contribution in [0.4, 0.5) is 0 Å². The fourth-order valence-corrected chi connectivity index (χ4v) is 3.94. The van der Waals surface area contributed by atoms with E-state index in [1.807, 2.05) is 46.6 Å². The highest BCUT2D eigenvalue weighted by molar-refractivity contribution is 9.10. The molecule has 1 aromatic carbocycles. The van der Waals surface area contributed by atoms with Crippen molar-refractivity contribution in [3.8, 4) is 5.88 Å². The van der Waals surface area contributed by atoms with E-state index in [9.17, 15) is 4.79 Å². The monoisotopic (exact) mass is 397 g/mol. The number of fused-ring (bicyclic) bond motifs is 1. The number of carbonyl (C=O) groups excluding carboxylic acids is 1. The highest BCUT2D eigenvalue weighted by Crippen LogP contribution is 2.27. The molecule has 0 radical (unpaired) electrons. The molecule has 0 unspecified atom stereocenters. The summed E-state index contributed by atoms with van der Waals surface area (Å²) in [5, 5.41) is 5.40. The molecule has 124 valence electrons. The van der Waals surface area contributed by atoms with Gasteiger partial charge in [0.2, 0.25) is 11.8 Å². The Kier molecular flexibility index (Phi) is 5.48. The zero-order valence-electron chi connectivity index (χ0n) is 13.1. The van der Waals surface area contributed by atoms with Gasteiger partial charge < -0.3 is 9.64 Å². The summed E-state index contributed by atoms with van der Waals surface area (Å²) in [6.45, 7) is 2.26. The van der Waals surface area contributed by atoms with Crippen molar-refractivity contribution in [1.29, 1.82) is 0 Å². The third-order valence-corrected chi connectivity index (χ3v) is 5.35. The van der Waals surface area contributed by atoms with Gasteiger partial charge >= 0.3 is 0 Å². The van der Waals surface area contributed by atoms with Gasteiger partial charge in [-0.05, 0) is 24.6 Å². The van der Waals surface area contributed by atoms with E-state index in [0.29, 0.717) is 25.3 Å². The third kappa shape index (κ3) is 4.01. The van der Waals surface area contributed by atoms with Gasteiger partial charge in [-0.15, -0.1) is 5.10 Å². The summed E-state index contributed by atoms with van der Waals surface area (Å²) >= 11 is 5.39. The van der Waals surface area contributed by atoms with Crippen molar-refractivity contribution < 1.29 is 9.53 Å². The minimum Gasteiger partial charge on any atom is -0.476 e. The maximum Gasteiger partial charge on any atom is 0.240 e. The van der Waals surface area contributed by atoms with E-state index in [-0.39, 0.29) is 5.91 Å². The van der Waals surface area contributed by atoms with Crippen LogP contribution < -0.4 is 4.74 Å². The van der Waals surface area contributed by atoms with Crippen LogP contribution in [0, 0.1) is 0 Å². The minimum atomic E-state index is 0.238. The van der Waals surface area contributed by atoms with Crippen LogP contribution in [0.3, 0.4) is 0 Å². The smallest absolute Gasteiger partial charge is 0.240 e. The lowest BCUT2D eigenvalue weighted by molar-refractivity contribution is -0.131. The normalized spacial score (nSPS) is 15.1. The molecule has 0 N–H and O–H groups in total. The Labute approximate surface area is 148 Å². The fourth-order valence-electron chi connectivity index (χ4n) is 2.68. The van der Waals surface area contributed by atoms with Gasteiger partial charge in [-0.2, -0.15) is 11.8 Å². The second kappa shape index (κ2) is 7.57. The Balaban J connectivity index is 1.53. The number of rotatable bonds is 5. The van der Waals surface area contributed by atoms with Crippen molar-refractivity contribution >= 4 is 44.5 Å². The predicted molar refractivity (Wildman–Crippen MR) is 97.0 cm³/mol. The first-order valence-electron chi connectivity index (χ1n) is 7.76. The van der Waals surface area contributed by atoms with Crippen LogP contribution >= 0.6 is 27.7 Å². The Hall–Kier alpha value is -1.21. The highest BCUT2D eigenvalue weighted by Gasteiger charge is 2.16. The molecule has 0 bridgehead atoms. The van der Waals surface area contributed by atoms with Crippen molar-refractivity contribution in [1.82, 2.24) is 14.7 Å². The SMILES string of the molecule is Cn1nc(OCCCC(=O)N2CCSCC2)c2cc(Br)ccc21. The molecular weight excluding hydrogens is 378 g/mol. The van der Waals surface area contributed by atoms with Gasteiger partial charge in [0.15, 0.2) is 0 Å². The topological polar surface area (TPSA) is 47.4 Å². The average molecular weight is 398 g/mol. The number of hydrogen-bond acceptors (Lipinski definition) is 4. The second-order valence-electron chi connectivity index (χ2n) is 5.54. The Morgan fingerprint density at radius 2 is 2.17 bits per heavy atom. The second-order valence-corrected chi connectivity index (χ2v) is 7.68. The van der Waals surface area contributed by atoms with Crippen molar-refractivity contribution in [3.63, 3.8) is 0 Å². The molecule has 0 spiro atoms. The van der Waals surface area contributed by atoms with E-state index >= 15 is 0 Å². The minimum absolute atomic E-state index is 0.238. The average Bonchev–Trinajstić information content (AvgIpc) is 2.87. The zero-order chi connectivity index (χ0) is 16.2. The maximum atomic E-state index is 12.1.